The quantitative estimate of drug-likeness (QED) is 0.165. The lowest BCUT2D eigenvalue weighted by Crippen LogP contribution is -2.19. The maximum Gasteiger partial charge on any atom is 0.0364 e. The van der Waals surface area contributed by atoms with Gasteiger partial charge in [-0.3, -0.25) is 0 Å². The average molecular weight is 1010 g/mol. The van der Waals surface area contributed by atoms with E-state index in [0.717, 1.165) is 0 Å². The first-order chi connectivity index (χ1) is 33.5. The number of hydrogen-bond acceptors (Lipinski definition) is 0. The molecule has 1 aliphatic carbocycles. The van der Waals surface area contributed by atoms with Crippen molar-refractivity contribution < 1.29 is 0 Å². The van der Waals surface area contributed by atoms with Crippen molar-refractivity contribution in [2.24, 2.45) is 0 Å². The fourth-order valence-electron chi connectivity index (χ4n) is 10.5. The van der Waals surface area contributed by atoms with E-state index in [-0.39, 0.29) is 60.1 Å². The fraction of sp³-hybridized carbons (Fsp3) is 0.547. The fourth-order valence-corrected chi connectivity index (χ4v) is 10.5. The van der Waals surface area contributed by atoms with E-state index in [9.17, 15) is 0 Å². The van der Waals surface area contributed by atoms with Crippen LogP contribution in [0.4, 0.5) is 0 Å². The molecule has 0 atom stereocenters. The van der Waals surface area contributed by atoms with Crippen LogP contribution in [-0.2, 0) is 54.1 Å². The van der Waals surface area contributed by atoms with Crippen molar-refractivity contribution >= 4 is 22.3 Å². The standard InChI is InChI=1S/C75H106/c1-66(2,3)51-31-46(32-52(41-51)67(4,5)6)61-62(47-33-53(68(7,8)9)42-54(34-47)69(10,11)12)64(49-37-57(72(19,20)21)44-58(38-49)73(22,23)24)65(50-39-59(74(25,26)27)45-60(40-50)75(28,29)30)63(61)48-35-55(70(13,14)15)43-56(36-48)71(16,17)18/h31-45,61H,1-30H3. The molecule has 0 saturated carbocycles. The van der Waals surface area contributed by atoms with Crippen molar-refractivity contribution in [1.82, 2.24) is 0 Å². The van der Waals surface area contributed by atoms with E-state index >= 15 is 0 Å². The van der Waals surface area contributed by atoms with Crippen LogP contribution >= 0.6 is 0 Å². The summed E-state index contributed by atoms with van der Waals surface area (Å²) in [5, 5.41) is 0. The van der Waals surface area contributed by atoms with Crippen LogP contribution in [0.5, 0.6) is 0 Å². The Morgan fingerprint density at radius 1 is 0.187 bits per heavy atom. The van der Waals surface area contributed by atoms with E-state index in [1.165, 1.54) is 106 Å². The van der Waals surface area contributed by atoms with Crippen molar-refractivity contribution in [3.8, 4) is 0 Å². The van der Waals surface area contributed by atoms with Crippen molar-refractivity contribution in [3.63, 3.8) is 0 Å². The third-order valence-electron chi connectivity index (χ3n) is 16.2. The maximum absolute atomic E-state index is 2.62. The van der Waals surface area contributed by atoms with Gasteiger partial charge in [-0.05, 0) is 160 Å². The van der Waals surface area contributed by atoms with Gasteiger partial charge in [0.15, 0.2) is 0 Å². The summed E-state index contributed by atoms with van der Waals surface area (Å²) in [5.74, 6) is -0.128. The molecule has 5 aromatic rings. The monoisotopic (exact) mass is 1010 g/mol. The van der Waals surface area contributed by atoms with Gasteiger partial charge in [-0.15, -0.1) is 0 Å². The summed E-state index contributed by atoms with van der Waals surface area (Å²) in [6, 6.07) is 38.6. The summed E-state index contributed by atoms with van der Waals surface area (Å²) in [6.45, 7) is 72.0. The number of benzene rings is 5. The molecule has 0 aromatic heterocycles. The molecule has 0 aliphatic heterocycles. The zero-order valence-electron chi connectivity index (χ0n) is 53.7. The van der Waals surface area contributed by atoms with Gasteiger partial charge >= 0.3 is 0 Å². The number of hydrogen-bond donors (Lipinski definition) is 0. The maximum atomic E-state index is 2.62. The smallest absolute Gasteiger partial charge is 0.0364 e. The number of allylic oxidation sites excluding steroid dienone is 4. The lowest BCUT2D eigenvalue weighted by atomic mass is 9.72. The van der Waals surface area contributed by atoms with E-state index in [0.29, 0.717) is 0 Å². The van der Waals surface area contributed by atoms with Gasteiger partial charge in [0.25, 0.3) is 0 Å². The molecule has 406 valence electrons. The minimum atomic E-state index is -0.128. The van der Waals surface area contributed by atoms with Crippen LogP contribution in [0.2, 0.25) is 0 Å². The molecule has 0 bridgehead atoms. The van der Waals surface area contributed by atoms with Gasteiger partial charge in [0.2, 0.25) is 0 Å². The third-order valence-corrected chi connectivity index (χ3v) is 16.2. The van der Waals surface area contributed by atoms with E-state index in [1.54, 1.807) is 0 Å². The van der Waals surface area contributed by atoms with Crippen molar-refractivity contribution in [2.45, 2.75) is 268 Å². The molecule has 0 amide bonds. The highest BCUT2D eigenvalue weighted by molar-refractivity contribution is 6.30. The first kappa shape index (κ1) is 59.8. The molecule has 0 heterocycles. The second-order valence-electron chi connectivity index (χ2n) is 33.6. The molecular weight excluding hydrogens is 901 g/mol. The Labute approximate surface area is 462 Å². The second-order valence-corrected chi connectivity index (χ2v) is 33.6. The van der Waals surface area contributed by atoms with E-state index < -0.39 is 0 Å². The average Bonchev–Trinajstić information content (AvgIpc) is 3.59. The van der Waals surface area contributed by atoms with Crippen molar-refractivity contribution in [3.05, 3.63) is 174 Å². The van der Waals surface area contributed by atoms with Crippen LogP contribution < -0.4 is 0 Å². The molecule has 5 aromatic carbocycles. The third kappa shape index (κ3) is 13.1. The van der Waals surface area contributed by atoms with Crippen LogP contribution in [0, 0.1) is 0 Å². The Morgan fingerprint density at radius 2 is 0.333 bits per heavy atom. The second kappa shape index (κ2) is 19.2. The Hall–Kier alpha value is -4.42. The first-order valence-corrected chi connectivity index (χ1v) is 28.8. The van der Waals surface area contributed by atoms with Crippen LogP contribution in [0.15, 0.2) is 91.0 Å². The summed E-state index contributed by atoms with van der Waals surface area (Å²) >= 11 is 0. The van der Waals surface area contributed by atoms with Gasteiger partial charge < -0.3 is 0 Å². The molecular formula is C75H106. The summed E-state index contributed by atoms with van der Waals surface area (Å²) in [4.78, 5) is 0. The molecule has 0 spiro atoms. The van der Waals surface area contributed by atoms with Crippen LogP contribution in [0.25, 0.3) is 22.3 Å². The Kier molecular flexibility index (Phi) is 15.3. The normalized spacial score (nSPS) is 15.4. The Bertz CT molecular complexity index is 2680. The van der Waals surface area contributed by atoms with Crippen LogP contribution in [-0.4, -0.2) is 0 Å². The van der Waals surface area contributed by atoms with Gasteiger partial charge in [0.1, 0.15) is 0 Å². The van der Waals surface area contributed by atoms with Crippen LogP contribution in [0.1, 0.15) is 297 Å². The molecule has 0 fully saturated rings. The Balaban J connectivity index is 2.15. The van der Waals surface area contributed by atoms with E-state index in [2.05, 4.69) is 299 Å². The van der Waals surface area contributed by atoms with Gasteiger partial charge in [-0.25, -0.2) is 0 Å². The largest absolute Gasteiger partial charge is 0.0561 e. The molecule has 0 N–H and O–H groups in total. The molecule has 0 heteroatoms. The topological polar surface area (TPSA) is 0 Å². The molecule has 0 radical (unpaired) electrons. The van der Waals surface area contributed by atoms with Gasteiger partial charge in [-0.2, -0.15) is 0 Å². The predicted octanol–water partition coefficient (Wildman–Crippen LogP) is 22.0. The highest BCUT2D eigenvalue weighted by Gasteiger charge is 2.42. The molecule has 0 saturated heterocycles. The highest BCUT2D eigenvalue weighted by atomic mass is 14.4. The van der Waals surface area contributed by atoms with Gasteiger partial charge in [0, 0.05) is 5.92 Å². The van der Waals surface area contributed by atoms with Crippen molar-refractivity contribution in [2.75, 3.05) is 0 Å². The molecule has 1 aliphatic rings. The first-order valence-electron chi connectivity index (χ1n) is 28.8. The highest BCUT2D eigenvalue weighted by Crippen LogP contribution is 2.61. The van der Waals surface area contributed by atoms with Crippen molar-refractivity contribution in [1.29, 1.82) is 0 Å². The SMILES string of the molecule is CC(C)(C)c1cc(C2=C(c3cc(C(C)(C)C)cc(C(C)(C)C)c3)C(c3cc(C(C)(C)C)cc(C(C)(C)C)c3)C(c3cc(C(C)(C)C)cc(C(C)(C)C)c3)=C2c2cc(C(C)(C)C)cc(C(C)(C)C)c2)cc(C(C)(C)C)c1. The summed E-state index contributed by atoms with van der Waals surface area (Å²) < 4.78 is 0. The van der Waals surface area contributed by atoms with Crippen LogP contribution in [0.3, 0.4) is 0 Å². The zero-order valence-corrected chi connectivity index (χ0v) is 53.7. The minimum Gasteiger partial charge on any atom is -0.0561 e. The molecule has 0 unspecified atom stereocenters. The lowest BCUT2D eigenvalue weighted by Gasteiger charge is -2.32. The molecule has 0 nitrogen and oxygen atoms in total. The lowest BCUT2D eigenvalue weighted by molar-refractivity contribution is 0.566. The summed E-state index contributed by atoms with van der Waals surface area (Å²) in [5.41, 5.74) is 25.0. The summed E-state index contributed by atoms with van der Waals surface area (Å²) in [6.07, 6.45) is 0. The number of rotatable bonds is 5. The predicted molar refractivity (Wildman–Crippen MR) is 336 cm³/mol. The van der Waals surface area contributed by atoms with E-state index in [1.807, 2.05) is 0 Å². The molecule has 6 rings (SSSR count). The van der Waals surface area contributed by atoms with E-state index in [4.69, 9.17) is 0 Å². The Morgan fingerprint density at radius 3 is 0.493 bits per heavy atom. The van der Waals surface area contributed by atoms with Gasteiger partial charge in [-0.1, -0.05) is 299 Å². The minimum absolute atomic E-state index is 0.0869. The van der Waals surface area contributed by atoms with Gasteiger partial charge in [0.05, 0.1) is 0 Å². The zero-order chi connectivity index (χ0) is 57.2. The molecule has 75 heavy (non-hydrogen) atoms. The summed E-state index contributed by atoms with van der Waals surface area (Å²) in [7, 11) is 0.